The van der Waals surface area contributed by atoms with Crippen LogP contribution in [0, 0.1) is 0 Å². The first-order valence-corrected chi connectivity index (χ1v) is 18.4. The van der Waals surface area contributed by atoms with Crippen molar-refractivity contribution in [3.63, 3.8) is 0 Å². The third kappa shape index (κ3) is 13.7. The summed E-state index contributed by atoms with van der Waals surface area (Å²) < 4.78 is 29.8. The summed E-state index contributed by atoms with van der Waals surface area (Å²) in [7, 11) is 0. The van der Waals surface area contributed by atoms with Crippen LogP contribution >= 0.6 is 0 Å². The lowest BCUT2D eigenvalue weighted by molar-refractivity contribution is -0.149. The van der Waals surface area contributed by atoms with Crippen molar-refractivity contribution in [3.05, 3.63) is 143 Å². The van der Waals surface area contributed by atoms with Crippen molar-refractivity contribution in [1.82, 2.24) is 0 Å². The molecule has 2 atom stereocenters. The van der Waals surface area contributed by atoms with Crippen LogP contribution < -0.4 is 9.47 Å². The topological polar surface area (TPSA) is 80.3 Å². The van der Waals surface area contributed by atoms with Gasteiger partial charge in [0.1, 0.15) is 34.9 Å². The molecule has 4 aromatic rings. The summed E-state index contributed by atoms with van der Waals surface area (Å²) in [6.45, 7) is 16.5. The Bertz CT molecular complexity index is 1650. The molecular weight excluding hydrogens is 664 g/mol. The van der Waals surface area contributed by atoms with Crippen LogP contribution in [0.15, 0.2) is 109 Å². The van der Waals surface area contributed by atoms with E-state index in [0.717, 1.165) is 57.7 Å². The number of hydrogen-bond acceptors (Lipinski definition) is 7. The van der Waals surface area contributed by atoms with Crippen LogP contribution in [0.25, 0.3) is 12.2 Å². The number of carbonyl (C=O) groups is 2. The lowest BCUT2D eigenvalue weighted by Gasteiger charge is -2.27. The summed E-state index contributed by atoms with van der Waals surface area (Å²) in [5, 5.41) is 0. The Morgan fingerprint density at radius 3 is 1.09 bits per heavy atom. The van der Waals surface area contributed by atoms with Gasteiger partial charge in [-0.1, -0.05) is 86.6 Å². The Morgan fingerprint density at radius 2 is 0.811 bits per heavy atom. The molecule has 0 amide bonds. The predicted octanol–water partition coefficient (Wildman–Crippen LogP) is 10.9. The highest BCUT2D eigenvalue weighted by Gasteiger charge is 2.24. The lowest BCUT2D eigenvalue weighted by atomic mass is 9.96. The highest BCUT2D eigenvalue weighted by Crippen LogP contribution is 2.37. The largest absolute Gasteiger partial charge is 0.494 e. The SMILES string of the molecule is CCCOc1ccc(C(OC(c2ccc(C=CC(=O)OC(C)(C)C)cc2)c2ccc(OCCC)cc2)c2ccc(C=CC(=O)OC(C)(C)C)cc2)cc1. The van der Waals surface area contributed by atoms with E-state index >= 15 is 0 Å². The summed E-state index contributed by atoms with van der Waals surface area (Å²) in [4.78, 5) is 24.6. The van der Waals surface area contributed by atoms with E-state index in [9.17, 15) is 9.59 Å². The second-order valence-corrected chi connectivity index (χ2v) is 14.8. The zero-order valence-electron chi connectivity index (χ0n) is 32.4. The molecule has 0 saturated carbocycles. The van der Waals surface area contributed by atoms with Gasteiger partial charge < -0.3 is 23.7 Å². The van der Waals surface area contributed by atoms with Gasteiger partial charge in [-0.3, -0.25) is 0 Å². The monoisotopic (exact) mass is 718 g/mol. The molecule has 0 aromatic heterocycles. The van der Waals surface area contributed by atoms with E-state index in [-0.39, 0.29) is 0 Å². The first kappa shape index (κ1) is 40.6. The molecule has 0 saturated heterocycles. The minimum Gasteiger partial charge on any atom is -0.494 e. The fourth-order valence-corrected chi connectivity index (χ4v) is 5.32. The van der Waals surface area contributed by atoms with Crippen molar-refractivity contribution in [2.75, 3.05) is 13.2 Å². The smallest absolute Gasteiger partial charge is 0.331 e. The highest BCUT2D eigenvalue weighted by molar-refractivity contribution is 5.87. The number of esters is 2. The zero-order valence-corrected chi connectivity index (χ0v) is 32.4. The average molecular weight is 719 g/mol. The fourth-order valence-electron chi connectivity index (χ4n) is 5.32. The van der Waals surface area contributed by atoms with Gasteiger partial charge in [0.05, 0.1) is 13.2 Å². The van der Waals surface area contributed by atoms with Crippen LogP contribution in [0.1, 0.15) is 114 Å². The molecule has 4 aromatic carbocycles. The first-order chi connectivity index (χ1) is 25.2. The molecule has 0 bridgehead atoms. The van der Waals surface area contributed by atoms with Crippen molar-refractivity contribution in [1.29, 1.82) is 0 Å². The number of benzene rings is 4. The lowest BCUT2D eigenvalue weighted by Crippen LogP contribution is -2.22. The molecular formula is C46H54O7. The third-order valence-electron chi connectivity index (χ3n) is 7.70. The van der Waals surface area contributed by atoms with Crippen LogP contribution in [-0.2, 0) is 23.8 Å². The van der Waals surface area contributed by atoms with Gasteiger partial charge in [-0.2, -0.15) is 0 Å². The van der Waals surface area contributed by atoms with Crippen LogP contribution in [0.2, 0.25) is 0 Å². The molecule has 0 aliphatic rings. The second kappa shape index (κ2) is 19.1. The molecule has 0 radical (unpaired) electrons. The van der Waals surface area contributed by atoms with Crippen molar-refractivity contribution in [3.8, 4) is 11.5 Å². The molecule has 4 rings (SSSR count). The first-order valence-electron chi connectivity index (χ1n) is 18.4. The van der Waals surface area contributed by atoms with Gasteiger partial charge in [-0.25, -0.2) is 9.59 Å². The van der Waals surface area contributed by atoms with E-state index in [1.807, 2.05) is 139 Å². The standard InChI is InChI=1S/C46H54O7/c1-9-31-49-39-25-21-37(22-26-39)43(35-17-11-33(12-18-35)15-29-41(47)52-45(3,4)5)51-44(38-23-27-40(28-24-38)50-32-10-2)36-19-13-34(14-20-36)16-30-42(48)53-46(6,7)8/h11-30,43-44H,9-10,31-32H2,1-8H3. The predicted molar refractivity (Wildman–Crippen MR) is 212 cm³/mol. The Balaban J connectivity index is 1.71. The summed E-state index contributed by atoms with van der Waals surface area (Å²) in [6.07, 6.45) is 7.29. The molecule has 7 nitrogen and oxygen atoms in total. The zero-order chi connectivity index (χ0) is 38.4. The summed E-state index contributed by atoms with van der Waals surface area (Å²) >= 11 is 0. The Morgan fingerprint density at radius 1 is 0.509 bits per heavy atom. The third-order valence-corrected chi connectivity index (χ3v) is 7.70. The van der Waals surface area contributed by atoms with Gasteiger partial charge in [0, 0.05) is 12.2 Å². The van der Waals surface area contributed by atoms with Gasteiger partial charge in [-0.05, 0) is 124 Å². The quantitative estimate of drug-likeness (QED) is 0.0842. The van der Waals surface area contributed by atoms with E-state index in [2.05, 4.69) is 13.8 Å². The summed E-state index contributed by atoms with van der Waals surface area (Å²) in [6, 6.07) is 32.0. The number of hydrogen-bond donors (Lipinski definition) is 0. The van der Waals surface area contributed by atoms with Crippen molar-refractivity contribution in [2.45, 2.75) is 91.6 Å². The minimum atomic E-state index is -0.566. The van der Waals surface area contributed by atoms with Gasteiger partial charge in [-0.15, -0.1) is 0 Å². The number of ether oxygens (including phenoxy) is 5. The summed E-state index contributed by atoms with van der Waals surface area (Å²) in [5.74, 6) is 0.805. The normalized spacial score (nSPS) is 13.1. The molecule has 0 aliphatic carbocycles. The molecule has 0 fully saturated rings. The maximum Gasteiger partial charge on any atom is 0.331 e. The van der Waals surface area contributed by atoms with Crippen LogP contribution in [0.5, 0.6) is 11.5 Å². The number of rotatable bonds is 16. The molecule has 53 heavy (non-hydrogen) atoms. The highest BCUT2D eigenvalue weighted by atomic mass is 16.6. The molecule has 2 unspecified atom stereocenters. The van der Waals surface area contributed by atoms with Gasteiger partial charge >= 0.3 is 11.9 Å². The van der Waals surface area contributed by atoms with Gasteiger partial charge in [0.2, 0.25) is 0 Å². The van der Waals surface area contributed by atoms with E-state index in [1.54, 1.807) is 12.2 Å². The van der Waals surface area contributed by atoms with Gasteiger partial charge in [0.25, 0.3) is 0 Å². The van der Waals surface area contributed by atoms with E-state index < -0.39 is 35.3 Å². The maximum atomic E-state index is 12.3. The van der Waals surface area contributed by atoms with E-state index in [1.165, 1.54) is 12.2 Å². The van der Waals surface area contributed by atoms with Crippen LogP contribution in [0.4, 0.5) is 0 Å². The minimum absolute atomic E-state index is 0.395. The van der Waals surface area contributed by atoms with E-state index in [4.69, 9.17) is 23.7 Å². The number of carbonyl (C=O) groups excluding carboxylic acids is 2. The molecule has 0 N–H and O–H groups in total. The van der Waals surface area contributed by atoms with Crippen molar-refractivity contribution >= 4 is 24.1 Å². The Hall–Kier alpha value is -5.14. The molecule has 0 heterocycles. The fraction of sp³-hybridized carbons (Fsp3) is 0.348. The molecule has 280 valence electrons. The second-order valence-electron chi connectivity index (χ2n) is 14.8. The molecule has 0 aliphatic heterocycles. The molecule has 7 heteroatoms. The van der Waals surface area contributed by atoms with Crippen molar-refractivity contribution < 1.29 is 33.3 Å². The Kier molecular flexibility index (Phi) is 14.6. The Labute approximate surface area is 315 Å². The van der Waals surface area contributed by atoms with Gasteiger partial charge in [0.15, 0.2) is 0 Å². The van der Waals surface area contributed by atoms with E-state index in [0.29, 0.717) is 13.2 Å². The maximum absolute atomic E-state index is 12.3. The average Bonchev–Trinajstić information content (AvgIpc) is 3.12. The molecule has 0 spiro atoms. The van der Waals surface area contributed by atoms with Crippen LogP contribution in [0.3, 0.4) is 0 Å². The van der Waals surface area contributed by atoms with Crippen LogP contribution in [-0.4, -0.2) is 36.4 Å². The van der Waals surface area contributed by atoms with Crippen molar-refractivity contribution in [2.24, 2.45) is 0 Å². The summed E-state index contributed by atoms with van der Waals surface area (Å²) in [5.41, 5.74) is 4.36.